The van der Waals surface area contributed by atoms with Crippen LogP contribution in [0.4, 0.5) is 0 Å². The van der Waals surface area contributed by atoms with Gasteiger partial charge in [0.2, 0.25) is 5.91 Å². The highest BCUT2D eigenvalue weighted by molar-refractivity contribution is 5.86. The van der Waals surface area contributed by atoms with Crippen LogP contribution in [0.5, 0.6) is 0 Å². The minimum absolute atomic E-state index is 0.00276. The molecule has 0 aromatic heterocycles. The molecule has 7 heteroatoms. The number of hydrogen-bond donors (Lipinski definition) is 3. The second-order valence-corrected chi connectivity index (χ2v) is 7.72. The van der Waals surface area contributed by atoms with E-state index in [4.69, 9.17) is 14.6 Å². The number of ether oxygens (including phenoxy) is 2. The standard InChI is InChI=1S/C19H38N2O5/c1-7-16(23)11-21-17(24)12-20-15(13-25-18(3,4)8-2)14-26-19(5,6)9-10-22/h15,20,22H,7-14H2,1-6H3,(H,21,24). The Labute approximate surface area is 158 Å². The van der Waals surface area contributed by atoms with E-state index in [0.717, 1.165) is 6.42 Å². The van der Waals surface area contributed by atoms with Crippen molar-refractivity contribution in [2.24, 2.45) is 0 Å². The molecular weight excluding hydrogens is 336 g/mol. The Kier molecular flexibility index (Phi) is 11.9. The monoisotopic (exact) mass is 374 g/mol. The van der Waals surface area contributed by atoms with Crippen molar-refractivity contribution in [3.8, 4) is 0 Å². The summed E-state index contributed by atoms with van der Waals surface area (Å²) in [4.78, 5) is 23.2. The number of carbonyl (C=O) groups excluding carboxylic acids is 2. The van der Waals surface area contributed by atoms with Gasteiger partial charge in [-0.3, -0.25) is 9.59 Å². The fraction of sp³-hybridized carbons (Fsp3) is 0.895. The number of hydrogen-bond acceptors (Lipinski definition) is 6. The van der Waals surface area contributed by atoms with E-state index in [-0.39, 0.29) is 43.0 Å². The van der Waals surface area contributed by atoms with Crippen LogP contribution >= 0.6 is 0 Å². The predicted molar refractivity (Wildman–Crippen MR) is 102 cm³/mol. The third-order valence-corrected chi connectivity index (χ3v) is 4.34. The summed E-state index contributed by atoms with van der Waals surface area (Å²) in [7, 11) is 0. The minimum Gasteiger partial charge on any atom is -0.396 e. The third-order valence-electron chi connectivity index (χ3n) is 4.34. The van der Waals surface area contributed by atoms with Crippen LogP contribution in [0.3, 0.4) is 0 Å². The number of nitrogens with one attached hydrogen (secondary N) is 2. The van der Waals surface area contributed by atoms with Crippen molar-refractivity contribution in [2.45, 2.75) is 78.0 Å². The number of amides is 1. The molecule has 0 rings (SSSR count). The summed E-state index contributed by atoms with van der Waals surface area (Å²) in [5.74, 6) is -0.238. The van der Waals surface area contributed by atoms with Gasteiger partial charge in [-0.15, -0.1) is 0 Å². The largest absolute Gasteiger partial charge is 0.396 e. The topological polar surface area (TPSA) is 96.9 Å². The van der Waals surface area contributed by atoms with Gasteiger partial charge in [0.05, 0.1) is 43.5 Å². The number of Topliss-reactive ketones (excluding diaryl/α,β-unsaturated/α-hetero) is 1. The summed E-state index contributed by atoms with van der Waals surface area (Å²) in [5.41, 5.74) is -0.707. The Morgan fingerprint density at radius 3 is 2.08 bits per heavy atom. The Bertz CT molecular complexity index is 424. The maximum atomic E-state index is 11.9. The lowest BCUT2D eigenvalue weighted by Gasteiger charge is -2.30. The van der Waals surface area contributed by atoms with E-state index in [1.165, 1.54) is 0 Å². The van der Waals surface area contributed by atoms with Crippen molar-refractivity contribution in [1.82, 2.24) is 10.6 Å². The van der Waals surface area contributed by atoms with Gasteiger partial charge < -0.3 is 25.2 Å². The first-order valence-corrected chi connectivity index (χ1v) is 9.45. The molecule has 0 bridgehead atoms. The molecule has 0 radical (unpaired) electrons. The number of aliphatic hydroxyl groups is 1. The first-order chi connectivity index (χ1) is 12.0. The number of aliphatic hydroxyl groups excluding tert-OH is 1. The van der Waals surface area contributed by atoms with Crippen molar-refractivity contribution >= 4 is 11.7 Å². The van der Waals surface area contributed by atoms with Gasteiger partial charge in [-0.05, 0) is 40.5 Å². The molecule has 0 saturated heterocycles. The molecule has 0 aliphatic carbocycles. The summed E-state index contributed by atoms with van der Waals surface area (Å²) in [6.07, 6.45) is 1.81. The fourth-order valence-corrected chi connectivity index (χ4v) is 1.88. The zero-order valence-electron chi connectivity index (χ0n) is 17.3. The molecule has 0 heterocycles. The van der Waals surface area contributed by atoms with Crippen LogP contribution in [0.2, 0.25) is 0 Å². The van der Waals surface area contributed by atoms with Crippen molar-refractivity contribution < 1.29 is 24.2 Å². The molecule has 7 nitrogen and oxygen atoms in total. The van der Waals surface area contributed by atoms with Gasteiger partial charge in [-0.2, -0.15) is 0 Å². The first kappa shape index (κ1) is 25.0. The molecule has 154 valence electrons. The van der Waals surface area contributed by atoms with Gasteiger partial charge in [0.25, 0.3) is 0 Å². The van der Waals surface area contributed by atoms with Crippen LogP contribution in [0.25, 0.3) is 0 Å². The lowest BCUT2D eigenvalue weighted by molar-refractivity contribution is -0.125. The maximum Gasteiger partial charge on any atom is 0.234 e. The Balaban J connectivity index is 4.56. The summed E-state index contributed by atoms with van der Waals surface area (Å²) in [5, 5.41) is 14.8. The zero-order chi connectivity index (χ0) is 20.2. The molecule has 0 saturated carbocycles. The van der Waals surface area contributed by atoms with Crippen LogP contribution in [-0.4, -0.2) is 67.0 Å². The number of ketones is 1. The highest BCUT2D eigenvalue weighted by Crippen LogP contribution is 2.16. The second-order valence-electron chi connectivity index (χ2n) is 7.72. The molecule has 0 aliphatic rings. The minimum atomic E-state index is -0.454. The van der Waals surface area contributed by atoms with Gasteiger partial charge in [0.15, 0.2) is 5.78 Å². The van der Waals surface area contributed by atoms with Crippen LogP contribution in [0.15, 0.2) is 0 Å². The van der Waals surface area contributed by atoms with E-state index in [0.29, 0.717) is 26.1 Å². The van der Waals surface area contributed by atoms with Crippen LogP contribution in [0, 0.1) is 0 Å². The van der Waals surface area contributed by atoms with Crippen molar-refractivity contribution in [3.05, 3.63) is 0 Å². The third kappa shape index (κ3) is 12.4. The Morgan fingerprint density at radius 1 is 1.00 bits per heavy atom. The van der Waals surface area contributed by atoms with Gasteiger partial charge in [-0.1, -0.05) is 13.8 Å². The van der Waals surface area contributed by atoms with Crippen molar-refractivity contribution in [2.75, 3.05) is 32.9 Å². The van der Waals surface area contributed by atoms with Crippen LogP contribution in [-0.2, 0) is 19.1 Å². The molecule has 1 unspecified atom stereocenters. The lowest BCUT2D eigenvalue weighted by Crippen LogP contribution is -2.47. The first-order valence-electron chi connectivity index (χ1n) is 9.45. The summed E-state index contributed by atoms with van der Waals surface area (Å²) in [6, 6.07) is -0.175. The van der Waals surface area contributed by atoms with Gasteiger partial charge in [0.1, 0.15) is 0 Å². The summed E-state index contributed by atoms with van der Waals surface area (Å²) in [6.45, 7) is 12.6. The zero-order valence-corrected chi connectivity index (χ0v) is 17.3. The van der Waals surface area contributed by atoms with E-state index in [2.05, 4.69) is 17.6 Å². The second kappa shape index (κ2) is 12.4. The molecule has 26 heavy (non-hydrogen) atoms. The summed E-state index contributed by atoms with van der Waals surface area (Å²) < 4.78 is 11.8. The normalized spacial score (nSPS) is 13.5. The lowest BCUT2D eigenvalue weighted by atomic mass is 10.1. The molecule has 0 fully saturated rings. The predicted octanol–water partition coefficient (Wildman–Crippen LogP) is 1.42. The SMILES string of the molecule is CCC(=O)CNC(=O)CNC(COC(C)(C)CC)COC(C)(C)CCO. The molecule has 0 aromatic carbocycles. The molecule has 0 spiro atoms. The maximum absolute atomic E-state index is 11.9. The van der Waals surface area contributed by atoms with Gasteiger partial charge in [0, 0.05) is 13.0 Å². The average Bonchev–Trinajstić information content (AvgIpc) is 2.58. The molecule has 1 amide bonds. The van der Waals surface area contributed by atoms with Crippen molar-refractivity contribution in [1.29, 1.82) is 0 Å². The summed E-state index contributed by atoms with van der Waals surface area (Å²) >= 11 is 0. The number of rotatable bonds is 15. The highest BCUT2D eigenvalue weighted by atomic mass is 16.5. The molecule has 1 atom stereocenters. The van der Waals surface area contributed by atoms with Crippen LogP contribution < -0.4 is 10.6 Å². The number of carbonyl (C=O) groups is 2. The van der Waals surface area contributed by atoms with E-state index in [1.807, 2.05) is 27.7 Å². The molecular formula is C19H38N2O5. The van der Waals surface area contributed by atoms with E-state index < -0.39 is 5.60 Å². The van der Waals surface area contributed by atoms with Crippen LogP contribution in [0.1, 0.15) is 60.8 Å². The molecule has 0 aliphatic heterocycles. The molecule has 0 aromatic rings. The fourth-order valence-electron chi connectivity index (χ4n) is 1.88. The Hall–Kier alpha value is -1.02. The Morgan fingerprint density at radius 2 is 1.58 bits per heavy atom. The van der Waals surface area contributed by atoms with Crippen molar-refractivity contribution in [3.63, 3.8) is 0 Å². The van der Waals surface area contributed by atoms with Gasteiger partial charge >= 0.3 is 0 Å². The van der Waals surface area contributed by atoms with E-state index >= 15 is 0 Å². The molecule has 3 N–H and O–H groups in total. The average molecular weight is 375 g/mol. The van der Waals surface area contributed by atoms with E-state index in [9.17, 15) is 9.59 Å². The van der Waals surface area contributed by atoms with E-state index in [1.54, 1.807) is 6.92 Å². The highest BCUT2D eigenvalue weighted by Gasteiger charge is 2.23. The van der Waals surface area contributed by atoms with Gasteiger partial charge in [-0.25, -0.2) is 0 Å². The smallest absolute Gasteiger partial charge is 0.234 e. The quantitative estimate of drug-likeness (QED) is 0.401.